The molecule has 1 saturated heterocycles. The summed E-state index contributed by atoms with van der Waals surface area (Å²) in [6.45, 7) is 7.44. The number of aryl methyl sites for hydroxylation is 1. The third-order valence-corrected chi connectivity index (χ3v) is 8.51. The van der Waals surface area contributed by atoms with Crippen LogP contribution in [0.4, 0.5) is 5.69 Å². The third kappa shape index (κ3) is 5.38. The largest absolute Gasteiger partial charge is 0.421 e. The molecule has 3 heterocycles. The molecule has 32 heavy (non-hydrogen) atoms. The fourth-order valence-corrected chi connectivity index (χ4v) is 6.24. The second-order valence-electron chi connectivity index (χ2n) is 7.98. The van der Waals surface area contributed by atoms with Gasteiger partial charge in [-0.2, -0.15) is 0 Å². The molecule has 6 heteroatoms. The first-order chi connectivity index (χ1) is 15.7. The maximum atomic E-state index is 5.88. The number of benzene rings is 2. The Kier molecular flexibility index (Phi) is 6.83. The van der Waals surface area contributed by atoms with Crippen molar-refractivity contribution in [2.75, 3.05) is 31.1 Å². The highest BCUT2D eigenvalue weighted by atomic mass is 32.2. The van der Waals surface area contributed by atoms with Crippen LogP contribution in [0.5, 0.6) is 5.75 Å². The van der Waals surface area contributed by atoms with Gasteiger partial charge in [-0.3, -0.25) is 4.90 Å². The lowest BCUT2D eigenvalue weighted by Crippen LogP contribution is -2.45. The first-order valence-corrected chi connectivity index (χ1v) is 13.3. The molecule has 0 radical (unpaired) electrons. The smallest absolute Gasteiger partial charge is 0.138 e. The Labute approximate surface area is 202 Å². The number of hydrogen-bond donors (Lipinski definition) is 0. The molecule has 1 aliphatic heterocycles. The second-order valence-corrected chi connectivity index (χ2v) is 10.9. The van der Waals surface area contributed by atoms with Gasteiger partial charge in [-0.1, -0.05) is 23.8 Å². The summed E-state index contributed by atoms with van der Waals surface area (Å²) in [6, 6.07) is 25.8. The van der Waals surface area contributed by atoms with E-state index in [-0.39, 0.29) is 0 Å². The zero-order valence-electron chi connectivity index (χ0n) is 18.1. The highest BCUT2D eigenvalue weighted by molar-refractivity contribution is 7.95. The van der Waals surface area contributed by atoms with Gasteiger partial charge in [0.2, 0.25) is 0 Å². The van der Waals surface area contributed by atoms with Crippen LogP contribution in [0.25, 0.3) is 9.75 Å². The molecule has 2 aromatic carbocycles. The van der Waals surface area contributed by atoms with Gasteiger partial charge in [0.25, 0.3) is 0 Å². The van der Waals surface area contributed by atoms with Crippen molar-refractivity contribution in [3.8, 4) is 15.5 Å². The van der Waals surface area contributed by atoms with Crippen LogP contribution < -0.4 is 9.08 Å². The van der Waals surface area contributed by atoms with E-state index in [4.69, 9.17) is 4.18 Å². The summed E-state index contributed by atoms with van der Waals surface area (Å²) in [5.41, 5.74) is 2.53. The average Bonchev–Trinajstić information content (AvgIpc) is 3.52. The van der Waals surface area contributed by atoms with Crippen molar-refractivity contribution in [3.63, 3.8) is 0 Å². The van der Waals surface area contributed by atoms with Gasteiger partial charge in [0.15, 0.2) is 0 Å². The van der Waals surface area contributed by atoms with Gasteiger partial charge in [0.1, 0.15) is 5.75 Å². The molecule has 1 aliphatic rings. The Morgan fingerprint density at radius 1 is 0.844 bits per heavy atom. The molecule has 0 unspecified atom stereocenters. The highest BCUT2D eigenvalue weighted by Gasteiger charge is 2.18. The van der Waals surface area contributed by atoms with Crippen LogP contribution in [0.2, 0.25) is 0 Å². The summed E-state index contributed by atoms with van der Waals surface area (Å²) in [5.74, 6) is 0.886. The SMILES string of the molecule is Cc1ccc(SOc2ccc(N3CCN(Cc4ccc(-c5cccs5)s4)CC3)cc2)cc1. The van der Waals surface area contributed by atoms with Crippen molar-refractivity contribution in [1.82, 2.24) is 4.90 Å². The predicted octanol–water partition coefficient (Wildman–Crippen LogP) is 7.19. The molecular formula is C26H26N2OS3. The zero-order chi connectivity index (χ0) is 21.8. The van der Waals surface area contributed by atoms with Crippen LogP contribution in [-0.4, -0.2) is 31.1 Å². The van der Waals surface area contributed by atoms with E-state index >= 15 is 0 Å². The van der Waals surface area contributed by atoms with Crippen molar-refractivity contribution in [2.24, 2.45) is 0 Å². The van der Waals surface area contributed by atoms with Crippen LogP contribution in [0, 0.1) is 6.92 Å². The number of piperazine rings is 1. The number of hydrogen-bond acceptors (Lipinski definition) is 6. The third-order valence-electron chi connectivity index (χ3n) is 5.63. The highest BCUT2D eigenvalue weighted by Crippen LogP contribution is 2.32. The number of anilines is 1. The van der Waals surface area contributed by atoms with Crippen molar-refractivity contribution in [3.05, 3.63) is 88.6 Å². The van der Waals surface area contributed by atoms with Crippen LogP contribution in [0.3, 0.4) is 0 Å². The average molecular weight is 479 g/mol. The summed E-state index contributed by atoms with van der Waals surface area (Å²) in [4.78, 5) is 10.4. The number of rotatable bonds is 7. The molecule has 1 fully saturated rings. The van der Waals surface area contributed by atoms with Crippen molar-refractivity contribution < 1.29 is 4.18 Å². The van der Waals surface area contributed by atoms with Gasteiger partial charge >= 0.3 is 0 Å². The van der Waals surface area contributed by atoms with E-state index in [9.17, 15) is 0 Å². The van der Waals surface area contributed by atoms with Gasteiger partial charge < -0.3 is 9.08 Å². The molecule has 0 bridgehead atoms. The van der Waals surface area contributed by atoms with E-state index in [1.54, 1.807) is 0 Å². The van der Waals surface area contributed by atoms with Crippen LogP contribution >= 0.6 is 34.7 Å². The Balaban J connectivity index is 1.10. The predicted molar refractivity (Wildman–Crippen MR) is 139 cm³/mol. The zero-order valence-corrected chi connectivity index (χ0v) is 20.5. The lowest BCUT2D eigenvalue weighted by molar-refractivity contribution is 0.252. The van der Waals surface area contributed by atoms with Gasteiger partial charge in [0, 0.05) is 57.9 Å². The second kappa shape index (κ2) is 10.1. The quantitative estimate of drug-likeness (QED) is 0.261. The van der Waals surface area contributed by atoms with Crippen molar-refractivity contribution >= 4 is 40.4 Å². The van der Waals surface area contributed by atoms with E-state index < -0.39 is 0 Å². The summed E-state index contributed by atoms with van der Waals surface area (Å²) in [7, 11) is 0. The van der Waals surface area contributed by atoms with Gasteiger partial charge in [-0.25, -0.2) is 0 Å². The summed E-state index contributed by atoms with van der Waals surface area (Å²) >= 11 is 5.15. The summed E-state index contributed by atoms with van der Waals surface area (Å²) < 4.78 is 5.88. The monoisotopic (exact) mass is 478 g/mol. The minimum absolute atomic E-state index is 0.886. The molecule has 3 nitrogen and oxygen atoms in total. The Morgan fingerprint density at radius 2 is 1.62 bits per heavy atom. The summed E-state index contributed by atoms with van der Waals surface area (Å²) in [6.07, 6.45) is 0. The van der Waals surface area contributed by atoms with Crippen LogP contribution in [-0.2, 0) is 6.54 Å². The molecule has 5 rings (SSSR count). The normalized spacial score (nSPS) is 14.6. The maximum absolute atomic E-state index is 5.88. The molecule has 0 N–H and O–H groups in total. The standard InChI is InChI=1S/C26H26N2OS3/c1-20-4-10-23(11-5-20)32-29-22-8-6-21(7-9-22)28-16-14-27(15-17-28)19-24-12-13-26(31-24)25-3-2-18-30-25/h2-13,18H,14-17,19H2,1H3. The van der Waals surface area contributed by atoms with Gasteiger partial charge in [0.05, 0.1) is 12.0 Å². The van der Waals surface area contributed by atoms with E-state index in [2.05, 4.69) is 94.9 Å². The Bertz CT molecular complexity index is 1110. The van der Waals surface area contributed by atoms with Crippen molar-refractivity contribution in [1.29, 1.82) is 0 Å². The lowest BCUT2D eigenvalue weighted by atomic mass is 10.2. The molecule has 0 amide bonds. The lowest BCUT2D eigenvalue weighted by Gasteiger charge is -2.36. The number of thiophene rings is 2. The molecular weight excluding hydrogens is 453 g/mol. The topological polar surface area (TPSA) is 15.7 Å². The van der Waals surface area contributed by atoms with Crippen LogP contribution in [0.1, 0.15) is 10.4 Å². The fourth-order valence-electron chi connectivity index (χ4n) is 3.80. The van der Waals surface area contributed by atoms with Crippen molar-refractivity contribution in [2.45, 2.75) is 18.4 Å². The van der Waals surface area contributed by atoms with Gasteiger partial charge in [-0.15, -0.1) is 22.7 Å². The Morgan fingerprint density at radius 3 is 2.34 bits per heavy atom. The molecule has 0 atom stereocenters. The van der Waals surface area contributed by atoms with E-state index in [1.807, 2.05) is 22.7 Å². The van der Waals surface area contributed by atoms with E-state index in [0.29, 0.717) is 0 Å². The fraction of sp³-hybridized carbons (Fsp3) is 0.231. The molecule has 164 valence electrons. The minimum atomic E-state index is 0.886. The van der Waals surface area contributed by atoms with E-state index in [0.717, 1.165) is 43.4 Å². The Hall–Kier alpha value is -2.25. The van der Waals surface area contributed by atoms with Crippen LogP contribution in [0.15, 0.2) is 83.1 Å². The van der Waals surface area contributed by atoms with Gasteiger partial charge in [-0.05, 0) is 66.9 Å². The minimum Gasteiger partial charge on any atom is -0.421 e. The van der Waals surface area contributed by atoms with E-state index in [1.165, 1.54) is 37.9 Å². The maximum Gasteiger partial charge on any atom is 0.138 e. The first kappa shape index (κ1) is 21.6. The molecule has 2 aromatic heterocycles. The molecule has 0 aliphatic carbocycles. The first-order valence-electron chi connectivity index (χ1n) is 10.8. The summed E-state index contributed by atoms with van der Waals surface area (Å²) in [5, 5.41) is 2.15. The number of nitrogens with zero attached hydrogens (tertiary/aromatic N) is 2. The molecule has 0 saturated carbocycles. The molecule has 4 aromatic rings. The molecule has 0 spiro atoms.